The predicted molar refractivity (Wildman–Crippen MR) is 86.1 cm³/mol. The highest BCUT2D eigenvalue weighted by Crippen LogP contribution is 2.28. The Morgan fingerprint density at radius 1 is 1.39 bits per heavy atom. The maximum atomic E-state index is 12.6. The lowest BCUT2D eigenvalue weighted by atomic mass is 10.0. The van der Waals surface area contributed by atoms with Crippen LogP contribution in [-0.2, 0) is 21.2 Å². The fraction of sp³-hybridized carbons (Fsp3) is 0.438. The van der Waals surface area contributed by atoms with E-state index in [4.69, 9.17) is 9.15 Å². The van der Waals surface area contributed by atoms with Crippen molar-refractivity contribution in [3.8, 4) is 0 Å². The number of rotatable bonds is 4. The molecule has 6 nitrogen and oxygen atoms in total. The van der Waals surface area contributed by atoms with Gasteiger partial charge in [0, 0.05) is 18.1 Å². The van der Waals surface area contributed by atoms with Gasteiger partial charge in [0.25, 0.3) is 5.91 Å². The van der Waals surface area contributed by atoms with E-state index in [9.17, 15) is 13.2 Å². The molecule has 23 heavy (non-hydrogen) atoms. The van der Waals surface area contributed by atoms with Crippen molar-refractivity contribution >= 4 is 26.7 Å². The van der Waals surface area contributed by atoms with E-state index in [1.54, 1.807) is 20.1 Å². The van der Waals surface area contributed by atoms with Crippen LogP contribution in [0.15, 0.2) is 28.7 Å². The summed E-state index contributed by atoms with van der Waals surface area (Å²) in [4.78, 5) is 12.6. The van der Waals surface area contributed by atoms with Crippen molar-refractivity contribution in [2.75, 3.05) is 18.6 Å². The van der Waals surface area contributed by atoms with Crippen molar-refractivity contribution in [2.24, 2.45) is 0 Å². The highest BCUT2D eigenvalue weighted by Gasteiger charge is 2.40. The Kier molecular flexibility index (Phi) is 3.93. The molecule has 2 heterocycles. The summed E-state index contributed by atoms with van der Waals surface area (Å²) in [6.07, 6.45) is 0.404. The molecule has 1 unspecified atom stereocenters. The number of carbonyl (C=O) groups is 1. The Hall–Kier alpha value is -1.86. The summed E-state index contributed by atoms with van der Waals surface area (Å²) in [5.41, 5.74) is 0.512. The van der Waals surface area contributed by atoms with Gasteiger partial charge in [0.15, 0.2) is 15.6 Å². The van der Waals surface area contributed by atoms with Crippen molar-refractivity contribution in [3.63, 3.8) is 0 Å². The summed E-state index contributed by atoms with van der Waals surface area (Å²) in [5.74, 6) is -0.188. The number of amides is 1. The minimum atomic E-state index is -3.10. The third-order valence-corrected chi connectivity index (χ3v) is 6.01. The van der Waals surface area contributed by atoms with Gasteiger partial charge in [-0.3, -0.25) is 4.79 Å². The molecule has 0 bridgehead atoms. The number of furan rings is 1. The fourth-order valence-electron chi connectivity index (χ4n) is 3.01. The van der Waals surface area contributed by atoms with Crippen molar-refractivity contribution in [2.45, 2.75) is 25.5 Å². The van der Waals surface area contributed by atoms with Gasteiger partial charge in [-0.25, -0.2) is 8.42 Å². The number of hydrogen-bond donors (Lipinski definition) is 1. The van der Waals surface area contributed by atoms with Gasteiger partial charge in [0.1, 0.15) is 5.58 Å². The van der Waals surface area contributed by atoms with Gasteiger partial charge >= 0.3 is 0 Å². The Labute approximate surface area is 134 Å². The number of carbonyl (C=O) groups excluding carboxylic acids is 1. The standard InChI is InChI=1S/C16H19NO5S/c1-16(7-8-23(19,20)10-16)17-15(18)14-12(9-21-2)11-5-3-4-6-13(11)22-14/h3-6H,7-10H2,1-2H3,(H,17,18). The lowest BCUT2D eigenvalue weighted by Gasteiger charge is -2.23. The first-order valence-corrected chi connectivity index (χ1v) is 9.18. The van der Waals surface area contributed by atoms with Crippen molar-refractivity contribution in [1.82, 2.24) is 5.32 Å². The molecule has 0 aliphatic carbocycles. The van der Waals surface area contributed by atoms with Crippen LogP contribution in [0.4, 0.5) is 0 Å². The first-order valence-electron chi connectivity index (χ1n) is 7.36. The Bertz CT molecular complexity index is 854. The first-order chi connectivity index (χ1) is 10.8. The lowest BCUT2D eigenvalue weighted by Crippen LogP contribution is -2.47. The number of ether oxygens (including phenoxy) is 1. The zero-order valence-corrected chi connectivity index (χ0v) is 13.9. The highest BCUT2D eigenvalue weighted by molar-refractivity contribution is 7.91. The molecule has 0 spiro atoms. The lowest BCUT2D eigenvalue weighted by molar-refractivity contribution is 0.0882. The second kappa shape index (κ2) is 5.65. The smallest absolute Gasteiger partial charge is 0.287 e. The Morgan fingerprint density at radius 3 is 2.78 bits per heavy atom. The van der Waals surface area contributed by atoms with Crippen molar-refractivity contribution < 1.29 is 22.4 Å². The third-order valence-electron chi connectivity index (χ3n) is 4.11. The average molecular weight is 337 g/mol. The van der Waals surface area contributed by atoms with Gasteiger partial charge in [-0.1, -0.05) is 18.2 Å². The molecule has 1 fully saturated rings. The Morgan fingerprint density at radius 2 is 2.13 bits per heavy atom. The van der Waals surface area contributed by atoms with Crippen LogP contribution in [0.5, 0.6) is 0 Å². The van der Waals surface area contributed by atoms with Crippen LogP contribution >= 0.6 is 0 Å². The molecular formula is C16H19NO5S. The molecular weight excluding hydrogens is 318 g/mol. The highest BCUT2D eigenvalue weighted by atomic mass is 32.2. The number of para-hydroxylation sites is 1. The van der Waals surface area contributed by atoms with Gasteiger partial charge in [0.05, 0.1) is 23.7 Å². The normalized spacial score (nSPS) is 23.2. The maximum absolute atomic E-state index is 12.6. The van der Waals surface area contributed by atoms with Gasteiger partial charge in [-0.2, -0.15) is 0 Å². The fourth-order valence-corrected chi connectivity index (χ4v) is 5.10. The molecule has 1 N–H and O–H groups in total. The van der Waals surface area contributed by atoms with Crippen LogP contribution in [0, 0.1) is 0 Å². The maximum Gasteiger partial charge on any atom is 0.287 e. The SMILES string of the molecule is COCc1c(C(=O)NC2(C)CCS(=O)(=O)C2)oc2ccccc12. The quantitative estimate of drug-likeness (QED) is 0.921. The number of fused-ring (bicyclic) bond motifs is 1. The molecule has 3 rings (SSSR count). The summed E-state index contributed by atoms with van der Waals surface area (Å²) in [6.45, 7) is 1.99. The topological polar surface area (TPSA) is 85.6 Å². The average Bonchev–Trinajstić information content (AvgIpc) is 2.97. The largest absolute Gasteiger partial charge is 0.451 e. The van der Waals surface area contributed by atoms with E-state index >= 15 is 0 Å². The zero-order chi connectivity index (χ0) is 16.7. The Balaban J connectivity index is 1.93. The van der Waals surface area contributed by atoms with Gasteiger partial charge < -0.3 is 14.5 Å². The monoisotopic (exact) mass is 337 g/mol. The van der Waals surface area contributed by atoms with Gasteiger partial charge in [-0.05, 0) is 19.4 Å². The summed E-state index contributed by atoms with van der Waals surface area (Å²) in [5, 5.41) is 3.64. The van der Waals surface area contributed by atoms with E-state index in [2.05, 4.69) is 5.32 Å². The van der Waals surface area contributed by atoms with Gasteiger partial charge in [-0.15, -0.1) is 0 Å². The van der Waals surface area contributed by atoms with E-state index < -0.39 is 21.3 Å². The molecule has 0 saturated carbocycles. The summed E-state index contributed by atoms with van der Waals surface area (Å²) < 4.78 is 34.2. The van der Waals surface area contributed by atoms with E-state index in [-0.39, 0.29) is 23.9 Å². The van der Waals surface area contributed by atoms with E-state index in [0.717, 1.165) is 5.39 Å². The summed E-state index contributed by atoms with van der Waals surface area (Å²) in [7, 11) is -1.55. The number of hydrogen-bond acceptors (Lipinski definition) is 5. The van der Waals surface area contributed by atoms with E-state index in [1.165, 1.54) is 0 Å². The van der Waals surface area contributed by atoms with Crippen LogP contribution in [0.2, 0.25) is 0 Å². The number of sulfone groups is 1. The minimum Gasteiger partial charge on any atom is -0.451 e. The van der Waals surface area contributed by atoms with Crippen molar-refractivity contribution in [1.29, 1.82) is 0 Å². The molecule has 124 valence electrons. The van der Waals surface area contributed by atoms with Crippen LogP contribution < -0.4 is 5.32 Å². The third kappa shape index (κ3) is 3.11. The summed E-state index contributed by atoms with van der Waals surface area (Å²) in [6, 6.07) is 7.34. The van der Waals surface area contributed by atoms with Crippen LogP contribution in [-0.4, -0.2) is 38.5 Å². The van der Waals surface area contributed by atoms with E-state index in [0.29, 0.717) is 17.6 Å². The van der Waals surface area contributed by atoms with Crippen molar-refractivity contribution in [3.05, 3.63) is 35.6 Å². The zero-order valence-electron chi connectivity index (χ0n) is 13.1. The van der Waals surface area contributed by atoms with Crippen LogP contribution in [0.3, 0.4) is 0 Å². The number of methoxy groups -OCH3 is 1. The first kappa shape index (κ1) is 16.0. The molecule has 1 aliphatic rings. The molecule has 2 aromatic rings. The molecule has 1 aliphatic heterocycles. The molecule has 1 aromatic heterocycles. The molecule has 1 aromatic carbocycles. The molecule has 1 saturated heterocycles. The number of benzene rings is 1. The number of nitrogens with one attached hydrogen (secondary N) is 1. The molecule has 1 amide bonds. The molecule has 7 heteroatoms. The van der Waals surface area contributed by atoms with E-state index in [1.807, 2.05) is 18.2 Å². The van der Waals surface area contributed by atoms with Crippen LogP contribution in [0.1, 0.15) is 29.5 Å². The second-order valence-electron chi connectivity index (χ2n) is 6.20. The molecule has 1 atom stereocenters. The van der Waals surface area contributed by atoms with Crippen LogP contribution in [0.25, 0.3) is 11.0 Å². The minimum absolute atomic E-state index is 0.0500. The predicted octanol–water partition coefficient (Wildman–Crippen LogP) is 1.89. The van der Waals surface area contributed by atoms with Gasteiger partial charge in [0.2, 0.25) is 0 Å². The molecule has 0 radical (unpaired) electrons. The summed E-state index contributed by atoms with van der Waals surface area (Å²) >= 11 is 0. The second-order valence-corrected chi connectivity index (χ2v) is 8.38.